The lowest BCUT2D eigenvalue weighted by Crippen LogP contribution is -2.16. The Morgan fingerprint density at radius 1 is 0.800 bits per heavy atom. The van der Waals surface area contributed by atoms with Crippen LogP contribution in [-0.4, -0.2) is 10.9 Å². The van der Waals surface area contributed by atoms with Gasteiger partial charge in [-0.25, -0.2) is 22.5 Å². The lowest BCUT2D eigenvalue weighted by molar-refractivity contribution is 0.102. The van der Waals surface area contributed by atoms with Crippen molar-refractivity contribution < 1.29 is 22.4 Å². The summed E-state index contributed by atoms with van der Waals surface area (Å²) in [6.45, 7) is 0. The predicted molar refractivity (Wildman–Crippen MR) is 107 cm³/mol. The van der Waals surface area contributed by atoms with Crippen LogP contribution in [0.15, 0.2) is 66.0 Å². The molecule has 1 amide bonds. The number of aromatic nitrogens is 1. The minimum Gasteiger partial charge on any atom is -0.298 e. The minimum atomic E-state index is -2.04. The molecule has 30 heavy (non-hydrogen) atoms. The molecule has 8 heteroatoms. The fourth-order valence-corrected chi connectivity index (χ4v) is 3.55. The topological polar surface area (TPSA) is 42.0 Å². The summed E-state index contributed by atoms with van der Waals surface area (Å²) in [5.41, 5.74) is 2.49. The first-order chi connectivity index (χ1) is 14.4. The van der Waals surface area contributed by atoms with Crippen molar-refractivity contribution in [2.24, 2.45) is 0 Å². The minimum absolute atomic E-state index is 0.103. The third-order valence-electron chi connectivity index (χ3n) is 4.36. The molecule has 150 valence electrons. The first-order valence-corrected chi connectivity index (χ1v) is 9.57. The van der Waals surface area contributed by atoms with Gasteiger partial charge in [0.1, 0.15) is 0 Å². The predicted octanol–water partition coefficient (Wildman–Crippen LogP) is 6.29. The molecule has 0 saturated carbocycles. The van der Waals surface area contributed by atoms with E-state index in [1.807, 2.05) is 54.6 Å². The molecule has 0 fully saturated rings. The number of nitrogens with one attached hydrogen (secondary N) is 1. The van der Waals surface area contributed by atoms with E-state index in [1.54, 1.807) is 5.38 Å². The Labute approximate surface area is 172 Å². The van der Waals surface area contributed by atoms with Crippen LogP contribution in [0.2, 0.25) is 0 Å². The van der Waals surface area contributed by atoms with Gasteiger partial charge in [-0.2, -0.15) is 0 Å². The van der Waals surface area contributed by atoms with Gasteiger partial charge < -0.3 is 0 Å². The molecule has 0 spiro atoms. The summed E-state index contributed by atoms with van der Waals surface area (Å²) in [5, 5.41) is 4.05. The van der Waals surface area contributed by atoms with E-state index in [0.717, 1.165) is 28.0 Å². The summed E-state index contributed by atoms with van der Waals surface area (Å²) in [6, 6.07) is 17.7. The van der Waals surface area contributed by atoms with Crippen molar-refractivity contribution in [3.8, 4) is 22.4 Å². The van der Waals surface area contributed by atoms with Gasteiger partial charge in [0.2, 0.25) is 0 Å². The van der Waals surface area contributed by atoms with Crippen LogP contribution in [0.1, 0.15) is 10.4 Å². The average Bonchev–Trinajstić information content (AvgIpc) is 3.24. The van der Waals surface area contributed by atoms with Gasteiger partial charge in [-0.15, -0.1) is 11.3 Å². The maximum absolute atomic E-state index is 13.8. The third kappa shape index (κ3) is 3.81. The molecule has 0 saturated heterocycles. The number of anilines is 1. The molecule has 0 radical (unpaired) electrons. The van der Waals surface area contributed by atoms with E-state index in [1.165, 1.54) is 0 Å². The molecule has 4 rings (SSSR count). The van der Waals surface area contributed by atoms with Crippen molar-refractivity contribution in [1.82, 2.24) is 4.98 Å². The zero-order valence-electron chi connectivity index (χ0n) is 15.1. The van der Waals surface area contributed by atoms with Crippen molar-refractivity contribution >= 4 is 22.4 Å². The summed E-state index contributed by atoms with van der Waals surface area (Å²) in [5.74, 6) is -8.57. The standard InChI is InChI=1S/C22H12F4N2OS/c23-16-10-15(18(24)20(26)19(16)25)21(29)28-22-27-17(11-30-22)14-8-6-13(7-9-14)12-4-2-1-3-5-12/h1-11H,(H,27,28,29). The molecule has 0 aliphatic carbocycles. The molecular formula is C22H12F4N2OS. The number of rotatable bonds is 4. The molecule has 0 aliphatic rings. The van der Waals surface area contributed by atoms with Crippen LogP contribution in [-0.2, 0) is 0 Å². The SMILES string of the molecule is O=C(Nc1nc(-c2ccc(-c3ccccc3)cc2)cs1)c1cc(F)c(F)c(F)c1F. The Bertz CT molecular complexity index is 1220. The van der Waals surface area contributed by atoms with Gasteiger partial charge in [0.25, 0.3) is 5.91 Å². The van der Waals surface area contributed by atoms with E-state index in [-0.39, 0.29) is 5.13 Å². The van der Waals surface area contributed by atoms with Gasteiger partial charge in [0, 0.05) is 10.9 Å². The highest BCUT2D eigenvalue weighted by atomic mass is 32.1. The summed E-state index contributed by atoms with van der Waals surface area (Å²) in [7, 11) is 0. The van der Waals surface area contributed by atoms with Crippen LogP contribution >= 0.6 is 11.3 Å². The monoisotopic (exact) mass is 428 g/mol. The number of carbonyl (C=O) groups is 1. The summed E-state index contributed by atoms with van der Waals surface area (Å²) >= 11 is 1.06. The third-order valence-corrected chi connectivity index (χ3v) is 5.12. The molecule has 3 nitrogen and oxygen atoms in total. The largest absolute Gasteiger partial charge is 0.298 e. The Balaban J connectivity index is 1.53. The lowest BCUT2D eigenvalue weighted by Gasteiger charge is -2.05. The number of hydrogen-bond acceptors (Lipinski definition) is 3. The summed E-state index contributed by atoms with van der Waals surface area (Å²) < 4.78 is 53.5. The Morgan fingerprint density at radius 3 is 2.13 bits per heavy atom. The number of halogens is 4. The highest BCUT2D eigenvalue weighted by Gasteiger charge is 2.23. The van der Waals surface area contributed by atoms with E-state index in [4.69, 9.17) is 0 Å². The van der Waals surface area contributed by atoms with Gasteiger partial charge in [0.15, 0.2) is 28.4 Å². The number of nitrogens with zero attached hydrogens (tertiary/aromatic N) is 1. The number of hydrogen-bond donors (Lipinski definition) is 1. The highest BCUT2D eigenvalue weighted by Crippen LogP contribution is 2.28. The van der Waals surface area contributed by atoms with E-state index in [9.17, 15) is 22.4 Å². The van der Waals surface area contributed by atoms with Crippen molar-refractivity contribution in [3.05, 3.63) is 94.9 Å². The second-order valence-electron chi connectivity index (χ2n) is 6.28. The molecule has 4 aromatic rings. The summed E-state index contributed by atoms with van der Waals surface area (Å²) in [6.07, 6.45) is 0. The van der Waals surface area contributed by atoms with Gasteiger partial charge in [-0.1, -0.05) is 54.6 Å². The number of thiazole rings is 1. The number of amides is 1. The number of benzene rings is 3. The van der Waals surface area contributed by atoms with E-state index >= 15 is 0 Å². The van der Waals surface area contributed by atoms with E-state index < -0.39 is 34.7 Å². The van der Waals surface area contributed by atoms with Crippen molar-refractivity contribution in [2.45, 2.75) is 0 Å². The molecule has 1 N–H and O–H groups in total. The zero-order chi connectivity index (χ0) is 21.3. The fraction of sp³-hybridized carbons (Fsp3) is 0. The molecule has 0 unspecified atom stereocenters. The van der Waals surface area contributed by atoms with Crippen LogP contribution in [0.5, 0.6) is 0 Å². The van der Waals surface area contributed by atoms with Gasteiger partial charge in [-0.3, -0.25) is 10.1 Å². The highest BCUT2D eigenvalue weighted by molar-refractivity contribution is 7.14. The van der Waals surface area contributed by atoms with Gasteiger partial charge in [-0.05, 0) is 17.2 Å². The Hall–Kier alpha value is -3.52. The Kier molecular flexibility index (Phi) is 5.33. The van der Waals surface area contributed by atoms with Gasteiger partial charge in [0.05, 0.1) is 11.3 Å². The summed E-state index contributed by atoms with van der Waals surface area (Å²) in [4.78, 5) is 16.4. The fourth-order valence-electron chi connectivity index (χ4n) is 2.83. The second-order valence-corrected chi connectivity index (χ2v) is 7.14. The maximum atomic E-state index is 13.8. The second kappa shape index (κ2) is 8.08. The zero-order valence-corrected chi connectivity index (χ0v) is 15.9. The number of carbonyl (C=O) groups excluding carboxylic acids is 1. The molecular weight excluding hydrogens is 416 g/mol. The molecule has 0 aliphatic heterocycles. The van der Waals surface area contributed by atoms with Crippen molar-refractivity contribution in [3.63, 3.8) is 0 Å². The Morgan fingerprint density at radius 2 is 1.43 bits per heavy atom. The molecule has 1 aromatic heterocycles. The van der Waals surface area contributed by atoms with E-state index in [2.05, 4.69) is 10.3 Å². The smallest absolute Gasteiger partial charge is 0.260 e. The first-order valence-electron chi connectivity index (χ1n) is 8.70. The molecule has 3 aromatic carbocycles. The van der Waals surface area contributed by atoms with Crippen LogP contribution in [0.4, 0.5) is 22.7 Å². The van der Waals surface area contributed by atoms with Crippen LogP contribution in [0.25, 0.3) is 22.4 Å². The first kappa shape index (κ1) is 19.8. The van der Waals surface area contributed by atoms with Crippen LogP contribution in [0.3, 0.4) is 0 Å². The quantitative estimate of drug-likeness (QED) is 0.236. The lowest BCUT2D eigenvalue weighted by atomic mass is 10.0. The van der Waals surface area contributed by atoms with E-state index in [0.29, 0.717) is 11.8 Å². The molecule has 0 atom stereocenters. The normalized spacial score (nSPS) is 10.8. The average molecular weight is 428 g/mol. The van der Waals surface area contributed by atoms with Gasteiger partial charge >= 0.3 is 0 Å². The molecule has 1 heterocycles. The van der Waals surface area contributed by atoms with Crippen LogP contribution < -0.4 is 5.32 Å². The maximum Gasteiger partial charge on any atom is 0.260 e. The van der Waals surface area contributed by atoms with Crippen LogP contribution in [0, 0.1) is 23.3 Å². The van der Waals surface area contributed by atoms with Crippen molar-refractivity contribution in [1.29, 1.82) is 0 Å². The van der Waals surface area contributed by atoms with Crippen molar-refractivity contribution in [2.75, 3.05) is 5.32 Å². The molecule has 0 bridgehead atoms.